The molecule has 3 aromatic heterocycles. The number of carbonyl (C=O) groups excluding carboxylic acids is 1. The van der Waals surface area contributed by atoms with Gasteiger partial charge in [-0.1, -0.05) is 12.5 Å². The van der Waals surface area contributed by atoms with Gasteiger partial charge in [0.1, 0.15) is 11.6 Å². The molecule has 7 rings (SSSR count). The molecule has 3 aliphatic rings. The molecule has 10 heteroatoms. The maximum atomic E-state index is 13.3. The fourth-order valence-electron chi connectivity index (χ4n) is 6.42. The van der Waals surface area contributed by atoms with Crippen LogP contribution in [0.25, 0.3) is 16.6 Å². The quantitative estimate of drug-likeness (QED) is 0.421. The molecule has 0 saturated heterocycles. The van der Waals surface area contributed by atoms with Gasteiger partial charge in [0, 0.05) is 65.8 Å². The number of hydrogen-bond donors (Lipinski definition) is 1. The number of benzene rings is 1. The molecule has 0 spiro atoms. The summed E-state index contributed by atoms with van der Waals surface area (Å²) in [6, 6.07) is 8.48. The number of aromatic nitrogens is 4. The smallest absolute Gasteiger partial charge is 0.387 e. The van der Waals surface area contributed by atoms with E-state index in [9.17, 15) is 13.6 Å². The van der Waals surface area contributed by atoms with E-state index in [4.69, 9.17) is 15.6 Å². The molecule has 2 N–H and O–H groups in total. The predicted octanol–water partition coefficient (Wildman–Crippen LogP) is 4.44. The molecule has 38 heavy (non-hydrogen) atoms. The van der Waals surface area contributed by atoms with E-state index in [-0.39, 0.29) is 29.0 Å². The highest BCUT2D eigenvalue weighted by Crippen LogP contribution is 2.53. The standard InChI is InChI=1S/C28H26F2N6O2/c1-35-20-11-18(22-17(25(35)37)4-2-5-21(22)38-27(29)30)23-19-10-15(6-9-36(19)34-24(20)23)16-12-32-26(33-13-16)28(14-31)7-3-8-28/h2,4-6,9-10,12-13,18,20,27H,3,7-8,11,14,31H2,1H3. The number of nitrogens with two attached hydrogens (primary N) is 1. The van der Waals surface area contributed by atoms with Gasteiger partial charge >= 0.3 is 6.61 Å². The number of alkyl halides is 2. The van der Waals surface area contributed by atoms with Crippen LogP contribution in [0.4, 0.5) is 8.78 Å². The predicted molar refractivity (Wildman–Crippen MR) is 135 cm³/mol. The lowest BCUT2D eigenvalue weighted by Gasteiger charge is -2.39. The van der Waals surface area contributed by atoms with Gasteiger partial charge in [0.15, 0.2) is 0 Å². The van der Waals surface area contributed by atoms with Crippen LogP contribution in [0.1, 0.15) is 70.6 Å². The molecule has 1 saturated carbocycles. The molecule has 2 atom stereocenters. The number of hydrogen-bond acceptors (Lipinski definition) is 6. The van der Waals surface area contributed by atoms with Crippen LogP contribution in [-0.2, 0) is 5.41 Å². The Bertz CT molecular complexity index is 1580. The highest BCUT2D eigenvalue weighted by atomic mass is 19.3. The minimum atomic E-state index is -2.99. The van der Waals surface area contributed by atoms with Crippen LogP contribution < -0.4 is 10.5 Å². The molecule has 4 aromatic rings. The van der Waals surface area contributed by atoms with Crippen molar-refractivity contribution in [3.05, 3.63) is 77.1 Å². The molecular formula is C28H26F2N6O2. The largest absolute Gasteiger partial charge is 0.434 e. The molecular weight excluding hydrogens is 490 g/mol. The summed E-state index contributed by atoms with van der Waals surface area (Å²) in [6.45, 7) is -2.45. The summed E-state index contributed by atoms with van der Waals surface area (Å²) in [5.74, 6) is 0.280. The molecule has 8 nitrogen and oxygen atoms in total. The van der Waals surface area contributed by atoms with Crippen molar-refractivity contribution in [1.29, 1.82) is 0 Å². The van der Waals surface area contributed by atoms with Gasteiger partial charge in [-0.2, -0.15) is 13.9 Å². The Morgan fingerprint density at radius 1 is 1.16 bits per heavy atom. The van der Waals surface area contributed by atoms with Crippen molar-refractivity contribution < 1.29 is 18.3 Å². The van der Waals surface area contributed by atoms with Crippen LogP contribution in [0.5, 0.6) is 5.75 Å². The van der Waals surface area contributed by atoms with Crippen LogP contribution in [-0.4, -0.2) is 50.6 Å². The van der Waals surface area contributed by atoms with Gasteiger partial charge in [-0.15, -0.1) is 0 Å². The van der Waals surface area contributed by atoms with Crippen LogP contribution in [0.2, 0.25) is 0 Å². The van der Waals surface area contributed by atoms with Crippen molar-refractivity contribution in [2.75, 3.05) is 13.6 Å². The Balaban J connectivity index is 1.35. The van der Waals surface area contributed by atoms with Crippen molar-refractivity contribution >= 4 is 11.4 Å². The molecule has 4 heterocycles. The summed E-state index contributed by atoms with van der Waals surface area (Å²) in [5, 5.41) is 4.83. The van der Waals surface area contributed by atoms with Crippen molar-refractivity contribution in [1.82, 2.24) is 24.5 Å². The van der Waals surface area contributed by atoms with E-state index in [1.807, 2.05) is 30.7 Å². The Morgan fingerprint density at radius 2 is 1.95 bits per heavy atom. The Morgan fingerprint density at radius 3 is 2.63 bits per heavy atom. The number of amides is 1. The first-order valence-electron chi connectivity index (χ1n) is 12.8. The topological polar surface area (TPSA) is 98.6 Å². The van der Waals surface area contributed by atoms with E-state index in [0.29, 0.717) is 24.1 Å². The summed E-state index contributed by atoms with van der Waals surface area (Å²) < 4.78 is 33.4. The monoisotopic (exact) mass is 516 g/mol. The third-order valence-electron chi connectivity index (χ3n) is 8.63. The average Bonchev–Trinajstić information content (AvgIpc) is 3.41. The van der Waals surface area contributed by atoms with Crippen molar-refractivity contribution in [3.63, 3.8) is 0 Å². The van der Waals surface area contributed by atoms with Crippen LogP contribution in [0.3, 0.4) is 0 Å². The molecule has 2 bridgehead atoms. The second-order valence-corrected chi connectivity index (χ2v) is 10.5. The zero-order chi connectivity index (χ0) is 26.2. The van der Waals surface area contributed by atoms with Gasteiger partial charge < -0.3 is 15.4 Å². The molecule has 0 radical (unpaired) electrons. The average molecular weight is 517 g/mol. The normalized spacial score (nSPS) is 21.3. The third kappa shape index (κ3) is 3.22. The van der Waals surface area contributed by atoms with E-state index < -0.39 is 6.61 Å². The summed E-state index contributed by atoms with van der Waals surface area (Å²) >= 11 is 0. The molecule has 1 aliphatic heterocycles. The SMILES string of the molecule is CN1C(=O)c2cccc(OC(F)F)c2C2CC1c1nn3ccc(-c4cnc(C5(CN)CCC5)nc4)cc3c12. The van der Waals surface area contributed by atoms with E-state index in [1.54, 1.807) is 28.6 Å². The van der Waals surface area contributed by atoms with Crippen LogP contribution >= 0.6 is 0 Å². The van der Waals surface area contributed by atoms with Gasteiger partial charge in [0.05, 0.1) is 17.3 Å². The number of halogens is 2. The number of rotatable bonds is 5. The minimum Gasteiger partial charge on any atom is -0.434 e. The lowest BCUT2D eigenvalue weighted by molar-refractivity contribution is -0.0505. The maximum absolute atomic E-state index is 13.3. The fourth-order valence-corrected chi connectivity index (χ4v) is 6.42. The first kappa shape index (κ1) is 23.2. The molecule has 2 unspecified atom stereocenters. The summed E-state index contributed by atoms with van der Waals surface area (Å²) in [6.07, 6.45) is 9.25. The third-order valence-corrected chi connectivity index (χ3v) is 8.63. The highest BCUT2D eigenvalue weighted by Gasteiger charge is 2.46. The lowest BCUT2D eigenvalue weighted by Crippen LogP contribution is -2.43. The van der Waals surface area contributed by atoms with E-state index >= 15 is 0 Å². The molecule has 194 valence electrons. The Labute approximate surface area is 217 Å². The van der Waals surface area contributed by atoms with Gasteiger partial charge in [0.25, 0.3) is 5.91 Å². The number of ether oxygens (including phenoxy) is 1. The summed E-state index contributed by atoms with van der Waals surface area (Å²) in [5.41, 5.74) is 11.1. The van der Waals surface area contributed by atoms with E-state index in [2.05, 4.69) is 9.97 Å². The zero-order valence-electron chi connectivity index (χ0n) is 20.8. The molecule has 1 amide bonds. The van der Waals surface area contributed by atoms with Crippen molar-refractivity contribution in [2.45, 2.75) is 49.7 Å². The number of pyridine rings is 1. The maximum Gasteiger partial charge on any atom is 0.387 e. The van der Waals surface area contributed by atoms with Gasteiger partial charge in [-0.05, 0) is 49.1 Å². The number of fused-ring (bicyclic) bond motifs is 9. The number of nitrogens with zero attached hydrogens (tertiary/aromatic N) is 5. The first-order valence-corrected chi connectivity index (χ1v) is 12.8. The molecule has 2 aliphatic carbocycles. The first-order chi connectivity index (χ1) is 18.4. The minimum absolute atomic E-state index is 0.0297. The Hall–Kier alpha value is -3.92. The van der Waals surface area contributed by atoms with Crippen LogP contribution in [0.15, 0.2) is 48.9 Å². The summed E-state index contributed by atoms with van der Waals surface area (Å²) in [7, 11) is 1.74. The van der Waals surface area contributed by atoms with Crippen LogP contribution in [0, 0.1) is 0 Å². The second kappa shape index (κ2) is 8.29. The summed E-state index contributed by atoms with van der Waals surface area (Å²) in [4.78, 5) is 24.3. The van der Waals surface area contributed by atoms with Gasteiger partial charge in [-0.25, -0.2) is 14.5 Å². The molecule has 1 fully saturated rings. The van der Waals surface area contributed by atoms with E-state index in [1.165, 1.54) is 6.07 Å². The van der Waals surface area contributed by atoms with Gasteiger partial charge in [0.2, 0.25) is 0 Å². The van der Waals surface area contributed by atoms with Crippen molar-refractivity contribution in [3.8, 4) is 16.9 Å². The number of carbonyl (C=O) groups is 1. The van der Waals surface area contributed by atoms with Gasteiger partial charge in [-0.3, -0.25) is 4.79 Å². The van der Waals surface area contributed by atoms with E-state index in [0.717, 1.165) is 53.0 Å². The van der Waals surface area contributed by atoms with Crippen molar-refractivity contribution in [2.24, 2.45) is 5.73 Å². The zero-order valence-corrected chi connectivity index (χ0v) is 20.8. The molecule has 1 aromatic carbocycles. The second-order valence-electron chi connectivity index (χ2n) is 10.5. The lowest BCUT2D eigenvalue weighted by atomic mass is 9.68. The fraction of sp³-hybridized carbons (Fsp3) is 0.357. The Kier molecular flexibility index (Phi) is 5.07. The highest BCUT2D eigenvalue weighted by molar-refractivity contribution is 5.98.